The highest BCUT2D eigenvalue weighted by Crippen LogP contribution is 2.26. The Morgan fingerprint density at radius 1 is 1.21 bits per heavy atom. The van der Waals surface area contributed by atoms with Gasteiger partial charge in [0.2, 0.25) is 5.90 Å². The van der Waals surface area contributed by atoms with Gasteiger partial charge < -0.3 is 9.84 Å². The van der Waals surface area contributed by atoms with Crippen LogP contribution in [0.5, 0.6) is 0 Å². The number of hydrogen-bond donors (Lipinski definition) is 1. The molecule has 0 fully saturated rings. The molecule has 0 aromatic heterocycles. The maximum Gasteiger partial charge on any atom is 0.336 e. The van der Waals surface area contributed by atoms with Crippen molar-refractivity contribution in [1.29, 1.82) is 0 Å². The van der Waals surface area contributed by atoms with E-state index in [1.165, 1.54) is 0 Å². The molecule has 5 heteroatoms. The predicted octanol–water partition coefficient (Wildman–Crippen LogP) is 5.42. The van der Waals surface area contributed by atoms with Gasteiger partial charge in [0, 0.05) is 11.6 Å². The zero-order chi connectivity index (χ0) is 19.8. The molecule has 0 saturated heterocycles. The molecule has 2 aliphatic rings. The van der Waals surface area contributed by atoms with Gasteiger partial charge in [-0.1, -0.05) is 65.7 Å². The normalized spacial score (nSPS) is 25.5. The third kappa shape index (κ3) is 5.96. The van der Waals surface area contributed by atoms with Crippen LogP contribution in [0.25, 0.3) is 0 Å². The van der Waals surface area contributed by atoms with E-state index in [2.05, 4.69) is 17.1 Å². The number of ether oxygens (including phenoxy) is 1. The number of carbonyl (C=O) groups is 1. The van der Waals surface area contributed by atoms with Gasteiger partial charge in [0.1, 0.15) is 6.61 Å². The molecule has 4 nitrogen and oxygen atoms in total. The van der Waals surface area contributed by atoms with E-state index >= 15 is 0 Å². The second-order valence-corrected chi connectivity index (χ2v) is 7.34. The van der Waals surface area contributed by atoms with E-state index < -0.39 is 5.97 Å². The molecule has 1 heterocycles. The maximum absolute atomic E-state index is 11.3. The highest BCUT2D eigenvalue weighted by Gasteiger charge is 2.14. The van der Waals surface area contributed by atoms with Crippen LogP contribution in [0.1, 0.15) is 31.2 Å². The van der Waals surface area contributed by atoms with E-state index in [-0.39, 0.29) is 5.57 Å². The summed E-state index contributed by atoms with van der Waals surface area (Å²) in [6.45, 7) is 1.22. The van der Waals surface area contributed by atoms with Gasteiger partial charge in [-0.15, -0.1) is 0 Å². The fraction of sp³-hybridized carbons (Fsp3) is 0.304. The Morgan fingerprint density at radius 2 is 2.04 bits per heavy atom. The topological polar surface area (TPSA) is 58.9 Å². The largest absolute Gasteiger partial charge is 0.478 e. The van der Waals surface area contributed by atoms with Crippen LogP contribution in [-0.2, 0) is 16.1 Å². The number of benzene rings is 1. The van der Waals surface area contributed by atoms with E-state index in [1.54, 1.807) is 6.08 Å². The first kappa shape index (κ1) is 20.2. The minimum atomic E-state index is -0.981. The second-order valence-electron chi connectivity index (χ2n) is 6.88. The Bertz CT molecular complexity index is 850. The number of carboxylic acids is 1. The molecule has 3 rings (SSSR count). The number of rotatable bonds is 5. The van der Waals surface area contributed by atoms with Gasteiger partial charge in [-0.2, -0.15) is 0 Å². The van der Waals surface area contributed by atoms with Crippen molar-refractivity contribution in [3.8, 4) is 0 Å². The maximum atomic E-state index is 11.3. The van der Waals surface area contributed by atoms with Crippen molar-refractivity contribution in [2.24, 2.45) is 10.9 Å². The minimum Gasteiger partial charge on any atom is -0.478 e. The zero-order valence-corrected chi connectivity index (χ0v) is 16.4. The van der Waals surface area contributed by atoms with Crippen LogP contribution >= 0.6 is 11.6 Å². The molecular weight excluding hydrogens is 374 g/mol. The summed E-state index contributed by atoms with van der Waals surface area (Å²) >= 11 is 6.08. The van der Waals surface area contributed by atoms with Crippen LogP contribution in [0.2, 0.25) is 0 Å². The average molecular weight is 398 g/mol. The van der Waals surface area contributed by atoms with Gasteiger partial charge in [-0.25, -0.2) is 4.79 Å². The van der Waals surface area contributed by atoms with Gasteiger partial charge in [-0.05, 0) is 49.3 Å². The monoisotopic (exact) mass is 397 g/mol. The van der Waals surface area contributed by atoms with E-state index in [1.807, 2.05) is 42.5 Å². The SMILES string of the molecule is O=C(O)C1=C(\Cl)CC/C=C(CC2C=CC(OCc3ccccc3)=NCC2)/C=C\1. The molecule has 1 N–H and O–H groups in total. The summed E-state index contributed by atoms with van der Waals surface area (Å²) in [5.41, 5.74) is 2.43. The first-order valence-corrected chi connectivity index (χ1v) is 9.88. The lowest BCUT2D eigenvalue weighted by Crippen LogP contribution is -2.03. The summed E-state index contributed by atoms with van der Waals surface area (Å²) in [4.78, 5) is 15.8. The molecule has 0 radical (unpaired) electrons. The highest BCUT2D eigenvalue weighted by atomic mass is 35.5. The van der Waals surface area contributed by atoms with Gasteiger partial charge in [0.15, 0.2) is 0 Å². The number of nitrogens with zero attached hydrogens (tertiary/aromatic N) is 1. The first-order chi connectivity index (χ1) is 13.6. The van der Waals surface area contributed by atoms with Gasteiger partial charge in [0.05, 0.1) is 5.57 Å². The smallest absolute Gasteiger partial charge is 0.336 e. The van der Waals surface area contributed by atoms with Crippen molar-refractivity contribution in [2.75, 3.05) is 6.54 Å². The van der Waals surface area contributed by atoms with E-state index in [0.29, 0.717) is 36.4 Å². The van der Waals surface area contributed by atoms with Crippen LogP contribution < -0.4 is 0 Å². The van der Waals surface area contributed by atoms with Crippen molar-refractivity contribution >= 4 is 23.5 Å². The summed E-state index contributed by atoms with van der Waals surface area (Å²) in [7, 11) is 0. The molecule has 1 aliphatic carbocycles. The molecule has 1 atom stereocenters. The summed E-state index contributed by atoms with van der Waals surface area (Å²) in [6.07, 6.45) is 12.8. The Labute approximate surface area is 170 Å². The number of aliphatic imine (C=N–C) groups is 1. The highest BCUT2D eigenvalue weighted by molar-refractivity contribution is 6.32. The molecular formula is C23H24ClNO3. The van der Waals surface area contributed by atoms with Crippen LogP contribution in [0.15, 0.2) is 81.9 Å². The summed E-state index contributed by atoms with van der Waals surface area (Å²) in [5.74, 6) is 0.0199. The standard InChI is InChI=1S/C23H24ClNO3/c24-21-8-4-7-17(9-11-20(21)23(26)27)15-18-10-12-22(25-14-13-18)28-16-19-5-2-1-3-6-19/h1-3,5-7,9-12,18H,4,8,13-16H2,(H,26,27)/b11-9-,17-7-,21-20-. The fourth-order valence-electron chi connectivity index (χ4n) is 3.21. The molecule has 28 heavy (non-hydrogen) atoms. The molecule has 1 aliphatic heterocycles. The van der Waals surface area contributed by atoms with Crippen molar-refractivity contribution in [2.45, 2.75) is 32.3 Å². The Hall–Kier alpha value is -2.59. The van der Waals surface area contributed by atoms with Crippen LogP contribution in [-0.4, -0.2) is 23.5 Å². The summed E-state index contributed by atoms with van der Waals surface area (Å²) in [5, 5.41) is 9.68. The lowest BCUT2D eigenvalue weighted by Gasteiger charge is -2.13. The van der Waals surface area contributed by atoms with Crippen LogP contribution in [0.4, 0.5) is 0 Å². The van der Waals surface area contributed by atoms with Crippen molar-refractivity contribution in [1.82, 2.24) is 0 Å². The lowest BCUT2D eigenvalue weighted by atomic mass is 9.93. The van der Waals surface area contributed by atoms with Crippen LogP contribution in [0.3, 0.4) is 0 Å². The minimum absolute atomic E-state index is 0.184. The Balaban J connectivity index is 1.58. The van der Waals surface area contributed by atoms with Gasteiger partial charge in [0.25, 0.3) is 0 Å². The molecule has 1 aromatic carbocycles. The summed E-state index contributed by atoms with van der Waals surface area (Å²) in [6, 6.07) is 10.0. The lowest BCUT2D eigenvalue weighted by molar-refractivity contribution is -0.132. The molecule has 146 valence electrons. The molecule has 0 amide bonds. The quantitative estimate of drug-likeness (QED) is 0.721. The number of aliphatic carboxylic acids is 1. The summed E-state index contributed by atoms with van der Waals surface area (Å²) < 4.78 is 5.82. The molecule has 1 aromatic rings. The molecule has 0 spiro atoms. The zero-order valence-electron chi connectivity index (χ0n) is 15.7. The number of hydrogen-bond acceptors (Lipinski definition) is 3. The third-order valence-electron chi connectivity index (χ3n) is 4.76. The first-order valence-electron chi connectivity index (χ1n) is 9.50. The van der Waals surface area contributed by atoms with Gasteiger partial charge in [-0.3, -0.25) is 4.99 Å². The molecule has 1 unspecified atom stereocenters. The average Bonchev–Trinajstić information content (AvgIpc) is 2.90. The van der Waals surface area contributed by atoms with E-state index in [9.17, 15) is 9.90 Å². The third-order valence-corrected chi connectivity index (χ3v) is 5.16. The Kier molecular flexibility index (Phi) is 7.26. The molecule has 0 bridgehead atoms. The van der Waals surface area contributed by atoms with Crippen molar-refractivity contribution < 1.29 is 14.6 Å². The van der Waals surface area contributed by atoms with Crippen LogP contribution in [0, 0.1) is 5.92 Å². The number of halogens is 1. The van der Waals surface area contributed by atoms with Crippen molar-refractivity contribution in [3.05, 3.63) is 82.5 Å². The van der Waals surface area contributed by atoms with Crippen molar-refractivity contribution in [3.63, 3.8) is 0 Å². The van der Waals surface area contributed by atoms with Gasteiger partial charge >= 0.3 is 5.97 Å². The second kappa shape index (κ2) is 10.1. The number of carboxylic acid groups (broad SMARTS) is 1. The number of allylic oxidation sites excluding steroid dienone is 5. The van der Waals surface area contributed by atoms with E-state index in [4.69, 9.17) is 16.3 Å². The molecule has 0 saturated carbocycles. The van der Waals surface area contributed by atoms with E-state index in [0.717, 1.165) is 30.4 Å². The predicted molar refractivity (Wildman–Crippen MR) is 112 cm³/mol. The Morgan fingerprint density at radius 3 is 2.82 bits per heavy atom. The fourth-order valence-corrected chi connectivity index (χ4v) is 3.47.